The summed E-state index contributed by atoms with van der Waals surface area (Å²) in [6, 6.07) is 8.15. The molecule has 0 saturated heterocycles. The molecule has 0 aliphatic rings. The van der Waals surface area contributed by atoms with Gasteiger partial charge < -0.3 is 4.90 Å². The largest absolute Gasteiger partial charge is 0.302 e. The molecular weight excluding hydrogens is 321 g/mol. The van der Waals surface area contributed by atoms with Crippen LogP contribution in [-0.4, -0.2) is 43.7 Å². The molecule has 22 heavy (non-hydrogen) atoms. The number of para-hydroxylation sites is 2. The standard InChI is InChI=1S/C15H21N5.2ClH/c1-4-18(5-2)10-11-19-12(3)17-20-14-9-7-6-8-13(14)16-15(19)20;;/h6-9H,4-5,10-11H2,1-3H3;2*1H. The van der Waals surface area contributed by atoms with E-state index in [9.17, 15) is 0 Å². The minimum absolute atomic E-state index is 0. The van der Waals surface area contributed by atoms with Crippen molar-refractivity contribution in [2.24, 2.45) is 0 Å². The highest BCUT2D eigenvalue weighted by Crippen LogP contribution is 2.17. The molecule has 7 heteroatoms. The summed E-state index contributed by atoms with van der Waals surface area (Å²) < 4.78 is 4.16. The minimum Gasteiger partial charge on any atom is -0.302 e. The maximum atomic E-state index is 4.71. The summed E-state index contributed by atoms with van der Waals surface area (Å²) in [5.74, 6) is 1.96. The van der Waals surface area contributed by atoms with Crippen LogP contribution in [0.15, 0.2) is 24.3 Å². The van der Waals surface area contributed by atoms with Crippen LogP contribution in [0, 0.1) is 6.92 Å². The average Bonchev–Trinajstić information content (AvgIpc) is 2.96. The molecule has 2 heterocycles. The van der Waals surface area contributed by atoms with E-state index in [2.05, 4.69) is 34.5 Å². The normalized spacial score (nSPS) is 10.9. The molecule has 0 amide bonds. The maximum Gasteiger partial charge on any atom is 0.233 e. The first-order chi connectivity index (χ1) is 9.74. The molecule has 2 aromatic heterocycles. The third kappa shape index (κ3) is 3.21. The predicted molar refractivity (Wildman–Crippen MR) is 95.5 cm³/mol. The van der Waals surface area contributed by atoms with E-state index in [1.807, 2.05) is 29.6 Å². The minimum atomic E-state index is 0. The van der Waals surface area contributed by atoms with Crippen molar-refractivity contribution in [3.05, 3.63) is 30.1 Å². The first-order valence-electron chi connectivity index (χ1n) is 7.27. The Balaban J connectivity index is 0.00000121. The molecule has 0 fully saturated rings. The molecule has 0 saturated carbocycles. The Morgan fingerprint density at radius 3 is 2.45 bits per heavy atom. The first kappa shape index (κ1) is 18.7. The zero-order valence-corrected chi connectivity index (χ0v) is 14.8. The average molecular weight is 344 g/mol. The Morgan fingerprint density at radius 1 is 1.09 bits per heavy atom. The van der Waals surface area contributed by atoms with Gasteiger partial charge in [-0.25, -0.2) is 4.98 Å². The SMILES string of the molecule is CCN(CC)CCn1c(C)nn2c3ccccc3nc12.Cl.Cl. The van der Waals surface area contributed by atoms with E-state index in [0.717, 1.165) is 48.8 Å². The molecular formula is C15H23Cl2N5. The summed E-state index contributed by atoms with van der Waals surface area (Å²) in [5.41, 5.74) is 2.08. The number of imidazole rings is 1. The Bertz CT molecular complexity index is 730. The summed E-state index contributed by atoms with van der Waals surface area (Å²) in [6.45, 7) is 10.6. The van der Waals surface area contributed by atoms with Crippen molar-refractivity contribution in [2.75, 3.05) is 19.6 Å². The summed E-state index contributed by atoms with van der Waals surface area (Å²) in [4.78, 5) is 7.13. The lowest BCUT2D eigenvalue weighted by Gasteiger charge is -2.18. The Labute approximate surface area is 143 Å². The lowest BCUT2D eigenvalue weighted by molar-refractivity contribution is 0.291. The van der Waals surface area contributed by atoms with E-state index in [1.165, 1.54) is 0 Å². The molecule has 3 rings (SSSR count). The van der Waals surface area contributed by atoms with E-state index in [4.69, 9.17) is 4.98 Å². The molecule has 0 spiro atoms. The molecule has 1 aromatic carbocycles. The third-order valence-corrected chi connectivity index (χ3v) is 3.93. The van der Waals surface area contributed by atoms with Gasteiger partial charge in [-0.15, -0.1) is 24.8 Å². The fraction of sp³-hybridized carbons (Fsp3) is 0.467. The zero-order valence-electron chi connectivity index (χ0n) is 13.2. The van der Waals surface area contributed by atoms with Crippen molar-refractivity contribution >= 4 is 41.6 Å². The number of aromatic nitrogens is 4. The van der Waals surface area contributed by atoms with Gasteiger partial charge in [0.1, 0.15) is 5.82 Å². The molecule has 0 N–H and O–H groups in total. The van der Waals surface area contributed by atoms with E-state index in [1.54, 1.807) is 0 Å². The quantitative estimate of drug-likeness (QED) is 0.714. The van der Waals surface area contributed by atoms with Crippen LogP contribution in [0.2, 0.25) is 0 Å². The van der Waals surface area contributed by atoms with Crippen LogP contribution in [0.5, 0.6) is 0 Å². The number of hydrogen-bond donors (Lipinski definition) is 0. The van der Waals surface area contributed by atoms with Gasteiger partial charge in [0.15, 0.2) is 0 Å². The highest BCUT2D eigenvalue weighted by Gasteiger charge is 2.13. The van der Waals surface area contributed by atoms with Gasteiger partial charge in [-0.1, -0.05) is 26.0 Å². The van der Waals surface area contributed by atoms with E-state index in [-0.39, 0.29) is 24.8 Å². The summed E-state index contributed by atoms with van der Waals surface area (Å²) in [7, 11) is 0. The monoisotopic (exact) mass is 343 g/mol. The lowest BCUT2D eigenvalue weighted by Crippen LogP contribution is -2.27. The van der Waals surface area contributed by atoms with Crippen molar-refractivity contribution in [1.82, 2.24) is 24.1 Å². The van der Waals surface area contributed by atoms with Gasteiger partial charge in [0.05, 0.1) is 11.0 Å². The second-order valence-corrected chi connectivity index (χ2v) is 5.04. The van der Waals surface area contributed by atoms with Crippen molar-refractivity contribution in [1.29, 1.82) is 0 Å². The number of fused-ring (bicyclic) bond motifs is 3. The van der Waals surface area contributed by atoms with Gasteiger partial charge in [-0.05, 0) is 32.1 Å². The molecule has 5 nitrogen and oxygen atoms in total. The summed E-state index contributed by atoms with van der Waals surface area (Å²) in [6.07, 6.45) is 0. The molecule has 0 aliphatic carbocycles. The zero-order chi connectivity index (χ0) is 14.1. The van der Waals surface area contributed by atoms with Crippen LogP contribution < -0.4 is 0 Å². The molecule has 0 atom stereocenters. The molecule has 0 aliphatic heterocycles. The second-order valence-electron chi connectivity index (χ2n) is 5.04. The van der Waals surface area contributed by atoms with Crippen LogP contribution in [0.3, 0.4) is 0 Å². The highest BCUT2D eigenvalue weighted by molar-refractivity contribution is 5.85. The number of likely N-dealkylation sites (N-methyl/N-ethyl adjacent to an activating group) is 1. The van der Waals surface area contributed by atoms with Crippen molar-refractivity contribution in [2.45, 2.75) is 27.3 Å². The van der Waals surface area contributed by atoms with Crippen molar-refractivity contribution in [3.8, 4) is 0 Å². The van der Waals surface area contributed by atoms with Crippen LogP contribution in [0.4, 0.5) is 0 Å². The molecule has 3 aromatic rings. The molecule has 0 bridgehead atoms. The summed E-state index contributed by atoms with van der Waals surface area (Å²) >= 11 is 0. The lowest BCUT2D eigenvalue weighted by atomic mass is 10.3. The number of benzene rings is 1. The van der Waals surface area contributed by atoms with Crippen LogP contribution in [-0.2, 0) is 6.54 Å². The Morgan fingerprint density at radius 2 is 1.77 bits per heavy atom. The third-order valence-electron chi connectivity index (χ3n) is 3.93. The van der Waals surface area contributed by atoms with Gasteiger partial charge >= 0.3 is 0 Å². The van der Waals surface area contributed by atoms with Gasteiger partial charge in [0, 0.05) is 13.1 Å². The summed E-state index contributed by atoms with van der Waals surface area (Å²) in [5, 5.41) is 4.63. The molecule has 0 radical (unpaired) electrons. The molecule has 0 unspecified atom stereocenters. The predicted octanol–water partition coefficient (Wildman–Crippen LogP) is 3.18. The smallest absolute Gasteiger partial charge is 0.233 e. The van der Waals surface area contributed by atoms with Crippen LogP contribution in [0.1, 0.15) is 19.7 Å². The van der Waals surface area contributed by atoms with E-state index in [0.29, 0.717) is 0 Å². The fourth-order valence-electron chi connectivity index (χ4n) is 2.66. The topological polar surface area (TPSA) is 38.4 Å². The van der Waals surface area contributed by atoms with Gasteiger partial charge in [0.2, 0.25) is 5.78 Å². The fourth-order valence-corrected chi connectivity index (χ4v) is 2.66. The maximum absolute atomic E-state index is 4.71. The number of nitrogens with zero attached hydrogens (tertiary/aromatic N) is 5. The molecule has 122 valence electrons. The van der Waals surface area contributed by atoms with Crippen LogP contribution >= 0.6 is 24.8 Å². The Hall–Kier alpha value is -1.30. The number of rotatable bonds is 5. The van der Waals surface area contributed by atoms with Crippen molar-refractivity contribution < 1.29 is 0 Å². The van der Waals surface area contributed by atoms with Crippen molar-refractivity contribution in [3.63, 3.8) is 0 Å². The number of halogens is 2. The first-order valence-corrected chi connectivity index (χ1v) is 7.27. The number of aryl methyl sites for hydroxylation is 1. The van der Waals surface area contributed by atoms with Gasteiger partial charge in [-0.2, -0.15) is 9.61 Å². The number of hydrogen-bond acceptors (Lipinski definition) is 3. The second kappa shape index (κ2) is 7.81. The highest BCUT2D eigenvalue weighted by atomic mass is 35.5. The Kier molecular flexibility index (Phi) is 6.66. The van der Waals surface area contributed by atoms with Crippen LogP contribution in [0.25, 0.3) is 16.8 Å². The van der Waals surface area contributed by atoms with E-state index < -0.39 is 0 Å². The van der Waals surface area contributed by atoms with E-state index >= 15 is 0 Å². The van der Waals surface area contributed by atoms with Gasteiger partial charge in [-0.3, -0.25) is 4.57 Å². The van der Waals surface area contributed by atoms with Gasteiger partial charge in [0.25, 0.3) is 0 Å².